The number of hydrogen-bond acceptors (Lipinski definition) is 3. The van der Waals surface area contributed by atoms with E-state index in [4.69, 9.17) is 16.7 Å². The lowest BCUT2D eigenvalue weighted by Crippen LogP contribution is -2.39. The Morgan fingerprint density at radius 3 is 2.62 bits per heavy atom. The SMILES string of the molecule is CC(C)(C)CC(CC(=O)O)NC(=O)c1cc(F)cnc1Cl. The van der Waals surface area contributed by atoms with Crippen molar-refractivity contribution < 1.29 is 19.1 Å². The van der Waals surface area contributed by atoms with Gasteiger partial charge in [-0.1, -0.05) is 32.4 Å². The first kappa shape index (κ1) is 17.4. The Labute approximate surface area is 127 Å². The molecule has 1 aromatic heterocycles. The second-order valence-corrected chi connectivity index (χ2v) is 6.38. The van der Waals surface area contributed by atoms with Crippen molar-refractivity contribution in [3.05, 3.63) is 28.8 Å². The number of aromatic nitrogens is 1. The zero-order valence-electron chi connectivity index (χ0n) is 12.1. The predicted molar refractivity (Wildman–Crippen MR) is 76.8 cm³/mol. The Balaban J connectivity index is 2.89. The lowest BCUT2D eigenvalue weighted by Gasteiger charge is -2.25. The fourth-order valence-electron chi connectivity index (χ4n) is 1.97. The van der Waals surface area contributed by atoms with Gasteiger partial charge in [0.2, 0.25) is 0 Å². The summed E-state index contributed by atoms with van der Waals surface area (Å²) in [5.41, 5.74) is -0.279. The third-order valence-electron chi connectivity index (χ3n) is 2.67. The topological polar surface area (TPSA) is 79.3 Å². The minimum absolute atomic E-state index is 0.110. The molecular weight excluding hydrogens is 299 g/mol. The lowest BCUT2D eigenvalue weighted by atomic mass is 9.87. The van der Waals surface area contributed by atoms with Gasteiger partial charge in [-0.05, 0) is 17.9 Å². The van der Waals surface area contributed by atoms with Crippen molar-refractivity contribution in [1.82, 2.24) is 10.3 Å². The number of nitrogens with zero attached hydrogens (tertiary/aromatic N) is 1. The number of pyridine rings is 1. The number of carboxylic acid groups (broad SMARTS) is 1. The molecule has 0 saturated heterocycles. The van der Waals surface area contributed by atoms with E-state index in [0.717, 1.165) is 12.3 Å². The summed E-state index contributed by atoms with van der Waals surface area (Å²) in [4.78, 5) is 26.5. The number of amides is 1. The van der Waals surface area contributed by atoms with E-state index in [1.165, 1.54) is 0 Å². The summed E-state index contributed by atoms with van der Waals surface area (Å²) in [6.07, 6.45) is 1.15. The Hall–Kier alpha value is -1.69. The Morgan fingerprint density at radius 2 is 2.10 bits per heavy atom. The maximum atomic E-state index is 13.1. The molecule has 1 amide bonds. The van der Waals surface area contributed by atoms with Crippen LogP contribution in [-0.2, 0) is 4.79 Å². The summed E-state index contributed by atoms with van der Waals surface area (Å²) >= 11 is 5.76. The van der Waals surface area contributed by atoms with Crippen LogP contribution in [0.25, 0.3) is 0 Å². The highest BCUT2D eigenvalue weighted by Crippen LogP contribution is 2.23. The van der Waals surface area contributed by atoms with Gasteiger partial charge in [0.15, 0.2) is 0 Å². The second-order valence-electron chi connectivity index (χ2n) is 6.02. The summed E-state index contributed by atoms with van der Waals surface area (Å²) in [5.74, 6) is -2.34. The van der Waals surface area contributed by atoms with Gasteiger partial charge in [-0.15, -0.1) is 0 Å². The molecule has 0 saturated carbocycles. The van der Waals surface area contributed by atoms with Crippen molar-refractivity contribution in [2.75, 3.05) is 0 Å². The van der Waals surface area contributed by atoms with Crippen LogP contribution in [0.4, 0.5) is 4.39 Å². The average molecular weight is 317 g/mol. The number of rotatable bonds is 5. The lowest BCUT2D eigenvalue weighted by molar-refractivity contribution is -0.137. The molecule has 116 valence electrons. The van der Waals surface area contributed by atoms with Crippen LogP contribution >= 0.6 is 11.6 Å². The van der Waals surface area contributed by atoms with Crippen molar-refractivity contribution in [1.29, 1.82) is 0 Å². The fourth-order valence-corrected chi connectivity index (χ4v) is 2.16. The molecule has 0 fully saturated rings. The van der Waals surface area contributed by atoms with Crippen LogP contribution in [0.1, 0.15) is 44.0 Å². The number of halogens is 2. The van der Waals surface area contributed by atoms with Crippen LogP contribution in [-0.4, -0.2) is 28.0 Å². The minimum Gasteiger partial charge on any atom is -0.481 e. The highest BCUT2D eigenvalue weighted by Gasteiger charge is 2.24. The van der Waals surface area contributed by atoms with Crippen molar-refractivity contribution >= 4 is 23.5 Å². The van der Waals surface area contributed by atoms with E-state index in [0.29, 0.717) is 6.42 Å². The van der Waals surface area contributed by atoms with E-state index in [1.54, 1.807) is 0 Å². The Morgan fingerprint density at radius 1 is 1.48 bits per heavy atom. The third kappa shape index (κ3) is 6.08. The van der Waals surface area contributed by atoms with E-state index >= 15 is 0 Å². The smallest absolute Gasteiger partial charge is 0.305 e. The Bertz CT molecular complexity index is 544. The zero-order chi connectivity index (χ0) is 16.2. The molecule has 0 aliphatic rings. The van der Waals surface area contributed by atoms with Gasteiger partial charge in [-0.2, -0.15) is 0 Å². The molecule has 7 heteroatoms. The number of carbonyl (C=O) groups is 2. The van der Waals surface area contributed by atoms with E-state index in [2.05, 4.69) is 10.3 Å². The molecule has 0 aliphatic heterocycles. The molecule has 1 aromatic rings. The largest absolute Gasteiger partial charge is 0.481 e. The molecule has 0 spiro atoms. The summed E-state index contributed by atoms with van der Waals surface area (Å²) in [7, 11) is 0. The standard InChI is InChI=1S/C14H18ClFN2O3/c1-14(2,3)6-9(5-11(19)20)18-13(21)10-4-8(16)7-17-12(10)15/h4,7,9H,5-6H2,1-3H3,(H,18,21)(H,19,20). The zero-order valence-corrected chi connectivity index (χ0v) is 12.9. The van der Waals surface area contributed by atoms with Crippen LogP contribution < -0.4 is 5.32 Å². The number of nitrogens with one attached hydrogen (secondary N) is 1. The van der Waals surface area contributed by atoms with Gasteiger partial charge < -0.3 is 10.4 Å². The van der Waals surface area contributed by atoms with Crippen LogP contribution in [0.2, 0.25) is 5.15 Å². The van der Waals surface area contributed by atoms with E-state index in [9.17, 15) is 14.0 Å². The minimum atomic E-state index is -1.02. The first-order chi connectivity index (χ1) is 9.58. The predicted octanol–water partition coefficient (Wildman–Crippen LogP) is 2.88. The average Bonchev–Trinajstić information content (AvgIpc) is 2.28. The van der Waals surface area contributed by atoms with E-state index in [1.807, 2.05) is 20.8 Å². The van der Waals surface area contributed by atoms with Gasteiger partial charge in [-0.25, -0.2) is 9.37 Å². The third-order valence-corrected chi connectivity index (χ3v) is 2.97. The highest BCUT2D eigenvalue weighted by molar-refractivity contribution is 6.32. The molecule has 0 aromatic carbocycles. The Kier molecular flexibility index (Phi) is 5.66. The summed E-state index contributed by atoms with van der Waals surface area (Å²) < 4.78 is 13.1. The number of aliphatic carboxylic acids is 1. The monoisotopic (exact) mass is 316 g/mol. The normalized spacial score (nSPS) is 12.8. The van der Waals surface area contributed by atoms with Crippen molar-refractivity contribution in [2.24, 2.45) is 5.41 Å². The molecule has 1 unspecified atom stereocenters. The molecule has 5 nitrogen and oxygen atoms in total. The summed E-state index contributed by atoms with van der Waals surface area (Å²) in [5, 5.41) is 11.4. The van der Waals surface area contributed by atoms with Gasteiger partial charge >= 0.3 is 5.97 Å². The maximum absolute atomic E-state index is 13.1. The summed E-state index contributed by atoms with van der Waals surface area (Å²) in [6, 6.07) is 0.397. The van der Waals surface area contributed by atoms with Crippen LogP contribution in [0.5, 0.6) is 0 Å². The van der Waals surface area contributed by atoms with Crippen LogP contribution in [0, 0.1) is 11.2 Å². The number of carboxylic acids is 1. The molecule has 1 atom stereocenters. The number of hydrogen-bond donors (Lipinski definition) is 2. The molecule has 21 heavy (non-hydrogen) atoms. The van der Waals surface area contributed by atoms with Crippen LogP contribution in [0.15, 0.2) is 12.3 Å². The van der Waals surface area contributed by atoms with Crippen molar-refractivity contribution in [2.45, 2.75) is 39.7 Å². The van der Waals surface area contributed by atoms with Gasteiger partial charge in [0.25, 0.3) is 5.91 Å². The van der Waals surface area contributed by atoms with Crippen molar-refractivity contribution in [3.8, 4) is 0 Å². The van der Waals surface area contributed by atoms with Gasteiger partial charge in [0.05, 0.1) is 18.2 Å². The molecule has 0 aliphatic carbocycles. The maximum Gasteiger partial charge on any atom is 0.305 e. The molecule has 0 radical (unpaired) electrons. The van der Waals surface area contributed by atoms with Crippen LogP contribution in [0.3, 0.4) is 0 Å². The fraction of sp³-hybridized carbons (Fsp3) is 0.500. The van der Waals surface area contributed by atoms with Gasteiger partial charge in [0.1, 0.15) is 11.0 Å². The quantitative estimate of drug-likeness (QED) is 0.819. The molecule has 0 bridgehead atoms. The first-order valence-electron chi connectivity index (χ1n) is 6.42. The second kappa shape index (κ2) is 6.85. The molecule has 1 heterocycles. The van der Waals surface area contributed by atoms with E-state index in [-0.39, 0.29) is 22.6 Å². The van der Waals surface area contributed by atoms with E-state index < -0.39 is 23.7 Å². The highest BCUT2D eigenvalue weighted by atomic mass is 35.5. The molecule has 1 rings (SSSR count). The first-order valence-corrected chi connectivity index (χ1v) is 6.80. The molecule has 2 N–H and O–H groups in total. The van der Waals surface area contributed by atoms with Gasteiger partial charge in [-0.3, -0.25) is 9.59 Å². The van der Waals surface area contributed by atoms with Crippen molar-refractivity contribution in [3.63, 3.8) is 0 Å². The summed E-state index contributed by atoms with van der Waals surface area (Å²) in [6.45, 7) is 5.81. The molecular formula is C14H18ClFN2O3. The number of carbonyl (C=O) groups excluding carboxylic acids is 1. The van der Waals surface area contributed by atoms with Gasteiger partial charge in [0, 0.05) is 6.04 Å².